The maximum atomic E-state index is 12.4. The third kappa shape index (κ3) is 5.20. The molecule has 1 aromatic carbocycles. The second-order valence-electron chi connectivity index (χ2n) is 6.60. The zero-order valence-electron chi connectivity index (χ0n) is 15.3. The van der Waals surface area contributed by atoms with Gasteiger partial charge in [-0.25, -0.2) is 0 Å². The number of para-hydroxylation sites is 1. The van der Waals surface area contributed by atoms with Crippen molar-refractivity contribution in [3.63, 3.8) is 0 Å². The Morgan fingerprint density at radius 1 is 1.19 bits per heavy atom. The van der Waals surface area contributed by atoms with Crippen molar-refractivity contribution < 1.29 is 9.59 Å². The molecule has 2 N–H and O–H groups in total. The lowest BCUT2D eigenvalue weighted by Crippen LogP contribution is -2.45. The van der Waals surface area contributed by atoms with E-state index in [1.165, 1.54) is 0 Å². The molecule has 0 atom stereocenters. The number of piperidine rings is 1. The third-order valence-electron chi connectivity index (χ3n) is 4.67. The fraction of sp³-hybridized carbons (Fsp3) is 0.333. The van der Waals surface area contributed by atoms with E-state index in [0.29, 0.717) is 18.5 Å². The van der Waals surface area contributed by atoms with Crippen LogP contribution in [0.25, 0.3) is 0 Å². The summed E-state index contributed by atoms with van der Waals surface area (Å²) in [6, 6.07) is 11.8. The summed E-state index contributed by atoms with van der Waals surface area (Å²) in [7, 11) is 0. The molecule has 142 valence electrons. The molecule has 0 bridgehead atoms. The Bertz CT molecular complexity index is 780. The van der Waals surface area contributed by atoms with Gasteiger partial charge in [0.05, 0.1) is 12.0 Å². The molecule has 1 aliphatic rings. The van der Waals surface area contributed by atoms with Crippen LogP contribution in [0.4, 0.5) is 5.69 Å². The lowest BCUT2D eigenvalue weighted by molar-refractivity contribution is -0.121. The minimum atomic E-state index is -0.0862. The lowest BCUT2D eigenvalue weighted by atomic mass is 10.0. The predicted molar refractivity (Wildman–Crippen MR) is 110 cm³/mol. The number of nitrogens with zero attached hydrogens (tertiary/aromatic N) is 1. The standard InChI is InChI=1S/C21H25N3O2S/c1-2-11-22-21(26)18-7-3-4-8-19(18)24-12-9-16(10-13-24)23-20(25)15-17-6-5-14-27-17/h2-8,14,16H,1,9-13,15H2,(H,22,26)(H,23,25). The molecule has 1 saturated heterocycles. The first-order valence-electron chi connectivity index (χ1n) is 9.22. The number of amides is 2. The van der Waals surface area contributed by atoms with Gasteiger partial charge in [-0.05, 0) is 36.4 Å². The Labute approximate surface area is 164 Å². The Balaban J connectivity index is 1.55. The van der Waals surface area contributed by atoms with Gasteiger partial charge in [-0.3, -0.25) is 9.59 Å². The highest BCUT2D eigenvalue weighted by Gasteiger charge is 2.23. The normalized spacial score (nSPS) is 14.6. The second-order valence-corrected chi connectivity index (χ2v) is 7.63. The third-order valence-corrected chi connectivity index (χ3v) is 5.55. The molecule has 0 unspecified atom stereocenters. The van der Waals surface area contributed by atoms with Crippen LogP contribution in [0.1, 0.15) is 28.1 Å². The largest absolute Gasteiger partial charge is 0.371 e. The Morgan fingerprint density at radius 3 is 2.67 bits per heavy atom. The van der Waals surface area contributed by atoms with Crippen molar-refractivity contribution >= 4 is 28.8 Å². The topological polar surface area (TPSA) is 61.4 Å². The van der Waals surface area contributed by atoms with Gasteiger partial charge in [-0.2, -0.15) is 0 Å². The van der Waals surface area contributed by atoms with Gasteiger partial charge in [0.2, 0.25) is 5.91 Å². The zero-order chi connectivity index (χ0) is 19.1. The SMILES string of the molecule is C=CCNC(=O)c1ccccc1N1CCC(NC(=O)Cc2cccs2)CC1. The molecule has 1 aromatic heterocycles. The molecule has 0 saturated carbocycles. The Morgan fingerprint density at radius 2 is 1.96 bits per heavy atom. The fourth-order valence-corrected chi connectivity index (χ4v) is 4.02. The van der Waals surface area contributed by atoms with Crippen LogP contribution in [0.15, 0.2) is 54.4 Å². The summed E-state index contributed by atoms with van der Waals surface area (Å²) in [5.41, 5.74) is 1.63. The number of carbonyl (C=O) groups excluding carboxylic acids is 2. The molecule has 2 amide bonds. The summed E-state index contributed by atoms with van der Waals surface area (Å²) in [5.74, 6) is -0.00280. The van der Waals surface area contributed by atoms with Gasteiger partial charge in [0.15, 0.2) is 0 Å². The van der Waals surface area contributed by atoms with E-state index in [9.17, 15) is 9.59 Å². The molecular formula is C21H25N3O2S. The van der Waals surface area contributed by atoms with Gasteiger partial charge in [0.25, 0.3) is 5.91 Å². The van der Waals surface area contributed by atoms with Crippen molar-refractivity contribution in [1.82, 2.24) is 10.6 Å². The highest BCUT2D eigenvalue weighted by Crippen LogP contribution is 2.24. The highest BCUT2D eigenvalue weighted by molar-refractivity contribution is 7.10. The maximum absolute atomic E-state index is 12.4. The average Bonchev–Trinajstić information content (AvgIpc) is 3.19. The molecule has 5 nitrogen and oxygen atoms in total. The van der Waals surface area contributed by atoms with Crippen LogP contribution in [0, 0.1) is 0 Å². The van der Waals surface area contributed by atoms with E-state index in [4.69, 9.17) is 0 Å². The summed E-state index contributed by atoms with van der Waals surface area (Å²) in [6.45, 7) is 5.72. The first-order chi connectivity index (χ1) is 13.2. The molecular weight excluding hydrogens is 358 g/mol. The van der Waals surface area contributed by atoms with Crippen LogP contribution in [0.5, 0.6) is 0 Å². The number of hydrogen-bond acceptors (Lipinski definition) is 4. The van der Waals surface area contributed by atoms with E-state index in [1.54, 1.807) is 17.4 Å². The van der Waals surface area contributed by atoms with Crippen LogP contribution < -0.4 is 15.5 Å². The minimum Gasteiger partial charge on any atom is -0.371 e. The number of nitrogens with one attached hydrogen (secondary N) is 2. The molecule has 2 heterocycles. The molecule has 1 aliphatic heterocycles. The molecule has 0 spiro atoms. The summed E-state index contributed by atoms with van der Waals surface area (Å²) < 4.78 is 0. The van der Waals surface area contributed by atoms with Crippen LogP contribution >= 0.6 is 11.3 Å². The second kappa shape index (κ2) is 9.37. The van der Waals surface area contributed by atoms with E-state index < -0.39 is 0 Å². The first-order valence-corrected chi connectivity index (χ1v) is 10.1. The van der Waals surface area contributed by atoms with E-state index in [0.717, 1.165) is 36.5 Å². The maximum Gasteiger partial charge on any atom is 0.253 e. The molecule has 0 radical (unpaired) electrons. The summed E-state index contributed by atoms with van der Waals surface area (Å²) in [5, 5.41) is 7.98. The van der Waals surface area contributed by atoms with Crippen LogP contribution in [0.2, 0.25) is 0 Å². The van der Waals surface area contributed by atoms with Crippen LogP contribution in [-0.4, -0.2) is 37.5 Å². The molecule has 1 fully saturated rings. The number of rotatable bonds is 7. The van der Waals surface area contributed by atoms with E-state index in [1.807, 2.05) is 41.8 Å². The van der Waals surface area contributed by atoms with Crippen LogP contribution in [0.3, 0.4) is 0 Å². The van der Waals surface area contributed by atoms with Gasteiger partial charge >= 0.3 is 0 Å². The van der Waals surface area contributed by atoms with Gasteiger partial charge in [-0.15, -0.1) is 17.9 Å². The van der Waals surface area contributed by atoms with Crippen LogP contribution in [-0.2, 0) is 11.2 Å². The molecule has 27 heavy (non-hydrogen) atoms. The number of thiophene rings is 1. The van der Waals surface area contributed by atoms with Crippen molar-refractivity contribution in [2.24, 2.45) is 0 Å². The number of carbonyl (C=O) groups is 2. The highest BCUT2D eigenvalue weighted by atomic mass is 32.1. The summed E-state index contributed by atoms with van der Waals surface area (Å²) >= 11 is 1.61. The smallest absolute Gasteiger partial charge is 0.253 e. The fourth-order valence-electron chi connectivity index (χ4n) is 3.32. The zero-order valence-corrected chi connectivity index (χ0v) is 16.1. The van der Waals surface area contributed by atoms with Crippen molar-refractivity contribution in [2.75, 3.05) is 24.5 Å². The average molecular weight is 384 g/mol. The van der Waals surface area contributed by atoms with Gasteiger partial charge in [0.1, 0.15) is 0 Å². The lowest BCUT2D eigenvalue weighted by Gasteiger charge is -2.34. The number of hydrogen-bond donors (Lipinski definition) is 2. The van der Waals surface area contributed by atoms with Crippen molar-refractivity contribution in [3.05, 3.63) is 64.9 Å². The van der Waals surface area contributed by atoms with Gasteiger partial charge in [-0.1, -0.05) is 24.3 Å². The Kier molecular flexibility index (Phi) is 6.65. The summed E-state index contributed by atoms with van der Waals surface area (Å²) in [6.07, 6.45) is 3.87. The van der Waals surface area contributed by atoms with E-state index in [2.05, 4.69) is 22.1 Å². The molecule has 0 aliphatic carbocycles. The summed E-state index contributed by atoms with van der Waals surface area (Å²) in [4.78, 5) is 27.9. The molecule has 2 aromatic rings. The molecule has 6 heteroatoms. The van der Waals surface area contributed by atoms with Gasteiger partial charge < -0.3 is 15.5 Å². The van der Waals surface area contributed by atoms with Crippen molar-refractivity contribution in [3.8, 4) is 0 Å². The Hall–Kier alpha value is -2.60. The first kappa shape index (κ1) is 19.2. The monoisotopic (exact) mass is 383 g/mol. The minimum absolute atomic E-state index is 0.0834. The van der Waals surface area contributed by atoms with Gasteiger partial charge in [0, 0.05) is 36.2 Å². The van der Waals surface area contributed by atoms with E-state index in [-0.39, 0.29) is 17.9 Å². The van der Waals surface area contributed by atoms with Crippen molar-refractivity contribution in [2.45, 2.75) is 25.3 Å². The quantitative estimate of drug-likeness (QED) is 0.723. The number of benzene rings is 1. The molecule has 3 rings (SSSR count). The predicted octanol–water partition coefficient (Wildman–Crippen LogP) is 2.99. The number of anilines is 1. The van der Waals surface area contributed by atoms with Crippen molar-refractivity contribution in [1.29, 1.82) is 0 Å². The van der Waals surface area contributed by atoms with E-state index >= 15 is 0 Å².